The number of phenolic OH excluding ortho intramolecular Hbond substituents is 1. The van der Waals surface area contributed by atoms with Crippen LogP contribution in [0.5, 0.6) is 5.75 Å². The number of phenols is 1. The Kier molecular flexibility index (Phi) is 10.2. The van der Waals surface area contributed by atoms with Crippen molar-refractivity contribution >= 4 is 40.3 Å². The van der Waals surface area contributed by atoms with Gasteiger partial charge in [-0.2, -0.15) is 0 Å². The van der Waals surface area contributed by atoms with Crippen LogP contribution in [0.3, 0.4) is 0 Å². The van der Waals surface area contributed by atoms with E-state index in [9.17, 15) is 34.2 Å². The summed E-state index contributed by atoms with van der Waals surface area (Å²) in [5.74, 6) is -10.4. The second-order valence-electron chi connectivity index (χ2n) is 16.6. The number of rotatable bonds is 11. The molecule has 52 heavy (non-hydrogen) atoms. The first-order valence-electron chi connectivity index (χ1n) is 18.7. The van der Waals surface area contributed by atoms with Gasteiger partial charge in [-0.1, -0.05) is 82.2 Å². The summed E-state index contributed by atoms with van der Waals surface area (Å²) in [5, 5.41) is 23.9. The molecule has 0 saturated heterocycles. The third-order valence-corrected chi connectivity index (χ3v) is 12.1. The number of ketones is 4. The highest BCUT2D eigenvalue weighted by Gasteiger charge is 2.69. The normalized spacial score (nSPS) is 27.6. The molecule has 2 aromatic carbocycles. The van der Waals surface area contributed by atoms with E-state index < -0.39 is 70.1 Å². The molecule has 0 aromatic heterocycles. The zero-order chi connectivity index (χ0) is 37.8. The molecular weight excluding hydrogens is 656 g/mol. The lowest BCUT2D eigenvalue weighted by Gasteiger charge is -2.52. The summed E-state index contributed by atoms with van der Waals surface area (Å²) in [6.45, 7) is 7.97. The minimum absolute atomic E-state index is 0.0253. The first-order chi connectivity index (χ1) is 24.6. The van der Waals surface area contributed by atoms with Gasteiger partial charge in [0.2, 0.25) is 5.91 Å². The zero-order valence-corrected chi connectivity index (χ0v) is 31.1. The van der Waals surface area contributed by atoms with E-state index in [1.165, 1.54) is 11.1 Å². The van der Waals surface area contributed by atoms with Crippen molar-refractivity contribution in [2.24, 2.45) is 53.1 Å². The Morgan fingerprint density at radius 2 is 1.67 bits per heavy atom. The van der Waals surface area contributed by atoms with E-state index in [0.717, 1.165) is 36.9 Å². The Balaban J connectivity index is 1.32. The van der Waals surface area contributed by atoms with Gasteiger partial charge in [0.15, 0.2) is 34.7 Å². The number of hydrogen-bond donors (Lipinski definition) is 3. The number of benzene rings is 2. The van der Waals surface area contributed by atoms with Crippen molar-refractivity contribution in [1.29, 1.82) is 0 Å². The molecule has 0 aliphatic heterocycles. The molecule has 1 amide bonds. The third-order valence-electron chi connectivity index (χ3n) is 12.1. The molecule has 2 saturated carbocycles. The molecule has 0 radical (unpaired) electrons. The maximum Gasteiger partial charge on any atom is 0.235 e. The van der Waals surface area contributed by atoms with Gasteiger partial charge in [-0.15, -0.1) is 0 Å². The Morgan fingerprint density at radius 1 is 0.981 bits per heavy atom. The predicted molar refractivity (Wildman–Crippen MR) is 200 cm³/mol. The summed E-state index contributed by atoms with van der Waals surface area (Å²) in [7, 11) is 3.73. The highest BCUT2D eigenvalue weighted by molar-refractivity contribution is 6.32. The molecule has 4 N–H and O–H groups in total. The van der Waals surface area contributed by atoms with Crippen LogP contribution < -0.4 is 10.6 Å². The van der Waals surface area contributed by atoms with Crippen molar-refractivity contribution < 1.29 is 34.2 Å². The van der Waals surface area contributed by atoms with E-state index >= 15 is 0 Å². The van der Waals surface area contributed by atoms with Gasteiger partial charge < -0.3 is 20.8 Å². The maximum absolute atomic E-state index is 14.5. The number of nitrogens with zero attached hydrogens (tertiary/aromatic N) is 1. The quantitative estimate of drug-likeness (QED) is 0.252. The number of hydrogen-bond acceptors (Lipinski definition) is 8. The fourth-order valence-electron chi connectivity index (χ4n) is 9.62. The lowest BCUT2D eigenvalue weighted by atomic mass is 9.49. The number of Topliss-reactive ketones (excluding diaryl/α,β-unsaturated/α-hetero) is 4. The standard InChI is InChI=1S/C43H52N2O7/c1-22(2)12-13-25(16-24-10-8-7-9-11-24)17-26-14-15-27(18-26)29-21-32(45(5)6)30-19-28-20-31-33(23(3)4)38(47)36(42(44)51)41(50)43(31,52)40(49)34(28)39(48)35(30)37(29)46/h7-11,14-15,21-23,25,28,31,33-34,36,46,52H,12-13,16-20H2,1-6H3,(H2,44,51)/t25?,28-,31-,33-,34?,36?,43-/m0/s1. The Hall–Kier alpha value is -4.37. The van der Waals surface area contributed by atoms with Crippen LogP contribution in [-0.4, -0.2) is 58.9 Å². The van der Waals surface area contributed by atoms with Gasteiger partial charge in [0.25, 0.3) is 0 Å². The molecule has 6 rings (SSSR count). The first-order valence-corrected chi connectivity index (χ1v) is 18.7. The summed E-state index contributed by atoms with van der Waals surface area (Å²) in [6.07, 6.45) is 9.13. The number of nitrogens with two attached hydrogens (primary N) is 1. The van der Waals surface area contributed by atoms with E-state index in [0.29, 0.717) is 29.4 Å². The van der Waals surface area contributed by atoms with Crippen LogP contribution in [0.25, 0.3) is 5.57 Å². The van der Waals surface area contributed by atoms with Crippen LogP contribution >= 0.6 is 0 Å². The van der Waals surface area contributed by atoms with Crippen LogP contribution in [0.15, 0.2) is 54.1 Å². The van der Waals surface area contributed by atoms with Crippen molar-refractivity contribution in [3.05, 3.63) is 76.4 Å². The molecule has 0 spiro atoms. The lowest BCUT2D eigenvalue weighted by Crippen LogP contribution is -2.71. The highest BCUT2D eigenvalue weighted by atomic mass is 16.3. The number of carbonyl (C=O) groups excluding carboxylic acids is 5. The van der Waals surface area contributed by atoms with E-state index in [1.54, 1.807) is 13.8 Å². The second-order valence-corrected chi connectivity index (χ2v) is 16.6. The van der Waals surface area contributed by atoms with Gasteiger partial charge >= 0.3 is 0 Å². The van der Waals surface area contributed by atoms with Crippen LogP contribution in [0.4, 0.5) is 5.69 Å². The lowest BCUT2D eigenvalue weighted by molar-refractivity contribution is -0.182. The Labute approximate surface area is 306 Å². The fourth-order valence-corrected chi connectivity index (χ4v) is 9.62. The topological polar surface area (TPSA) is 155 Å². The molecule has 3 unspecified atom stereocenters. The molecule has 0 heterocycles. The smallest absolute Gasteiger partial charge is 0.235 e. The zero-order valence-electron chi connectivity index (χ0n) is 31.1. The third kappa shape index (κ3) is 6.35. The Morgan fingerprint density at radius 3 is 2.29 bits per heavy atom. The van der Waals surface area contributed by atoms with Gasteiger partial charge in [0, 0.05) is 37.2 Å². The summed E-state index contributed by atoms with van der Waals surface area (Å²) >= 11 is 0. The number of anilines is 1. The van der Waals surface area contributed by atoms with Crippen molar-refractivity contribution in [1.82, 2.24) is 0 Å². The van der Waals surface area contributed by atoms with Crippen LogP contribution in [0.2, 0.25) is 0 Å². The number of allylic oxidation sites excluding steroid dienone is 4. The SMILES string of the molecule is CC(C)CCC(CC1=CC=C(c2cc(N(C)C)c3c(c2O)C(=O)C2C(=O)[C@]4(O)C(=O)C(C(N)=O)C(=O)[C@@H](C(C)C)[C@@H]4C[C@@H]2C3)C1)Cc1ccccc1. The number of primary amides is 1. The molecule has 7 atom stereocenters. The molecule has 9 heteroatoms. The van der Waals surface area contributed by atoms with Crippen LogP contribution in [0, 0.1) is 47.3 Å². The molecule has 0 bridgehead atoms. The second kappa shape index (κ2) is 14.2. The molecule has 2 fully saturated rings. The van der Waals surface area contributed by atoms with Gasteiger partial charge in [0.05, 0.1) is 11.5 Å². The number of amides is 1. The minimum Gasteiger partial charge on any atom is -0.507 e. The summed E-state index contributed by atoms with van der Waals surface area (Å²) in [6, 6.07) is 12.4. The summed E-state index contributed by atoms with van der Waals surface area (Å²) < 4.78 is 0. The monoisotopic (exact) mass is 708 g/mol. The number of aromatic hydroxyl groups is 1. The van der Waals surface area contributed by atoms with Gasteiger partial charge in [-0.05, 0) is 85.0 Å². The molecule has 9 nitrogen and oxygen atoms in total. The van der Waals surface area contributed by atoms with E-state index in [1.807, 2.05) is 37.2 Å². The predicted octanol–water partition coefficient (Wildman–Crippen LogP) is 5.67. The average Bonchev–Trinajstić information content (AvgIpc) is 3.53. The van der Waals surface area contributed by atoms with Gasteiger partial charge in [-0.3, -0.25) is 24.0 Å². The van der Waals surface area contributed by atoms with Crippen molar-refractivity contribution in [3.63, 3.8) is 0 Å². The van der Waals surface area contributed by atoms with Crippen LogP contribution in [-0.2, 0) is 32.0 Å². The molecule has 4 aliphatic rings. The summed E-state index contributed by atoms with van der Waals surface area (Å²) in [4.78, 5) is 70.3. The fraction of sp³-hybridized carbons (Fsp3) is 0.512. The largest absolute Gasteiger partial charge is 0.507 e. The average molecular weight is 709 g/mol. The number of fused-ring (bicyclic) bond motifs is 3. The van der Waals surface area contributed by atoms with Crippen molar-refractivity contribution in [2.45, 2.75) is 78.2 Å². The number of carbonyl (C=O) groups is 5. The maximum atomic E-state index is 14.5. The highest BCUT2D eigenvalue weighted by Crippen LogP contribution is 2.55. The van der Waals surface area contributed by atoms with E-state index in [2.05, 4.69) is 44.2 Å². The first kappa shape index (κ1) is 37.4. The molecule has 276 valence electrons. The molecule has 4 aliphatic carbocycles. The van der Waals surface area contributed by atoms with E-state index in [-0.39, 0.29) is 24.2 Å². The van der Waals surface area contributed by atoms with Gasteiger partial charge in [-0.25, -0.2) is 0 Å². The van der Waals surface area contributed by atoms with E-state index in [4.69, 9.17) is 5.73 Å². The Bertz CT molecular complexity index is 1870. The number of aliphatic hydroxyl groups is 1. The van der Waals surface area contributed by atoms with Gasteiger partial charge in [0.1, 0.15) is 5.75 Å². The van der Waals surface area contributed by atoms with Crippen molar-refractivity contribution in [2.75, 3.05) is 19.0 Å². The minimum atomic E-state index is -2.72. The molecular formula is C43H52N2O7. The van der Waals surface area contributed by atoms with Crippen molar-refractivity contribution in [3.8, 4) is 5.75 Å². The van der Waals surface area contributed by atoms with Crippen LogP contribution in [0.1, 0.15) is 86.8 Å². The molecule has 2 aromatic rings. The summed E-state index contributed by atoms with van der Waals surface area (Å²) in [5.41, 5.74) is 8.06.